The van der Waals surface area contributed by atoms with Crippen LogP contribution in [-0.4, -0.2) is 11.7 Å². The van der Waals surface area contributed by atoms with Gasteiger partial charge in [-0.05, 0) is 108 Å². The minimum atomic E-state index is -0.158. The molecule has 4 aromatic rings. The summed E-state index contributed by atoms with van der Waals surface area (Å²) >= 11 is 0. The smallest absolute Gasteiger partial charge is 0.249 e. The molecule has 0 radical (unpaired) electrons. The summed E-state index contributed by atoms with van der Waals surface area (Å²) in [5, 5.41) is 0. The minimum absolute atomic E-state index is 0.00977. The van der Waals surface area contributed by atoms with E-state index in [0.717, 1.165) is 5.82 Å². The van der Waals surface area contributed by atoms with Crippen molar-refractivity contribution in [1.29, 1.82) is 0 Å². The normalized spacial score (nSPS) is 18.6. The molecule has 0 amide bonds. The van der Waals surface area contributed by atoms with Gasteiger partial charge in [-0.2, -0.15) is 0 Å². The van der Waals surface area contributed by atoms with E-state index in [1.54, 1.807) is 0 Å². The Bertz CT molecular complexity index is 1960. The lowest BCUT2D eigenvalue weighted by Gasteiger charge is -2.45. The molecule has 0 N–H and O–H groups in total. The SMILES string of the molecule is CC(C)(C)c1cc(N2c3cc(C(C)(C)C)ccc3B3c4cc5c(cc4C(C)(C)c4ccnc2c43)C(C)(C)CC5(C)C)cc(C(C)(C)C)c1. The fraction of sp³-hybridized carbons (Fsp3) is 0.489. The van der Waals surface area contributed by atoms with E-state index in [2.05, 4.69) is 170 Å². The molecule has 2 nitrogen and oxygen atoms in total. The first kappa shape index (κ1) is 33.2. The lowest BCUT2D eigenvalue weighted by Crippen LogP contribution is -2.64. The van der Waals surface area contributed by atoms with Gasteiger partial charge in [0.25, 0.3) is 0 Å². The Morgan fingerprint density at radius 1 is 0.583 bits per heavy atom. The molecular formula is C45H57BN2. The van der Waals surface area contributed by atoms with Gasteiger partial charge in [-0.25, -0.2) is 4.98 Å². The fourth-order valence-electron chi connectivity index (χ4n) is 9.33. The second kappa shape index (κ2) is 9.89. The van der Waals surface area contributed by atoms with E-state index >= 15 is 0 Å². The van der Waals surface area contributed by atoms with E-state index in [0.29, 0.717) is 0 Å². The van der Waals surface area contributed by atoms with Crippen molar-refractivity contribution in [3.05, 3.63) is 99.7 Å². The van der Waals surface area contributed by atoms with Gasteiger partial charge >= 0.3 is 0 Å². The molecule has 1 aliphatic carbocycles. The third-order valence-electron chi connectivity index (χ3n) is 12.0. The molecule has 3 aliphatic rings. The number of fused-ring (bicyclic) bond motifs is 5. The monoisotopic (exact) mass is 636 g/mol. The van der Waals surface area contributed by atoms with Gasteiger partial charge in [-0.1, -0.05) is 140 Å². The Morgan fingerprint density at radius 2 is 1.15 bits per heavy atom. The number of aromatic nitrogens is 1. The van der Waals surface area contributed by atoms with Crippen molar-refractivity contribution in [3.63, 3.8) is 0 Å². The van der Waals surface area contributed by atoms with Crippen LogP contribution in [0.5, 0.6) is 0 Å². The molecule has 0 atom stereocenters. The van der Waals surface area contributed by atoms with Gasteiger partial charge in [0.05, 0.1) is 0 Å². The molecule has 1 aromatic heterocycles. The third-order valence-corrected chi connectivity index (χ3v) is 12.0. The first-order chi connectivity index (χ1) is 21.9. The van der Waals surface area contributed by atoms with Crippen LogP contribution in [0.1, 0.15) is 149 Å². The maximum Gasteiger partial charge on any atom is 0.249 e. The fourth-order valence-corrected chi connectivity index (χ4v) is 9.33. The first-order valence-electron chi connectivity index (χ1n) is 18.2. The topological polar surface area (TPSA) is 16.1 Å². The first-order valence-corrected chi connectivity index (χ1v) is 18.2. The lowest BCUT2D eigenvalue weighted by atomic mass is 9.30. The Labute approximate surface area is 291 Å². The third kappa shape index (κ3) is 4.85. The number of hydrogen-bond acceptors (Lipinski definition) is 2. The van der Waals surface area contributed by atoms with Gasteiger partial charge in [0.1, 0.15) is 5.82 Å². The molecule has 0 bridgehead atoms. The van der Waals surface area contributed by atoms with Crippen LogP contribution in [0.15, 0.2) is 60.8 Å². The number of hydrogen-bond donors (Lipinski definition) is 0. The second-order valence-electron chi connectivity index (χ2n) is 20.2. The van der Waals surface area contributed by atoms with Crippen LogP contribution in [0, 0.1) is 0 Å². The van der Waals surface area contributed by atoms with E-state index in [4.69, 9.17) is 4.98 Å². The molecule has 0 saturated carbocycles. The van der Waals surface area contributed by atoms with Crippen LogP contribution in [-0.2, 0) is 32.5 Å². The molecule has 2 aliphatic heterocycles. The van der Waals surface area contributed by atoms with Crippen molar-refractivity contribution in [2.24, 2.45) is 0 Å². The second-order valence-corrected chi connectivity index (χ2v) is 20.2. The molecule has 48 heavy (non-hydrogen) atoms. The summed E-state index contributed by atoms with van der Waals surface area (Å²) in [5.74, 6) is 1.08. The highest BCUT2D eigenvalue weighted by Crippen LogP contribution is 2.51. The highest BCUT2D eigenvalue weighted by atomic mass is 15.2. The van der Waals surface area contributed by atoms with Crippen molar-refractivity contribution in [1.82, 2.24) is 4.98 Å². The van der Waals surface area contributed by atoms with Crippen LogP contribution >= 0.6 is 0 Å². The molecule has 7 rings (SSSR count). The highest BCUT2D eigenvalue weighted by molar-refractivity contribution is 6.99. The molecule has 0 saturated heterocycles. The molecule has 0 spiro atoms. The zero-order chi connectivity index (χ0) is 35.1. The quantitative estimate of drug-likeness (QED) is 0.170. The van der Waals surface area contributed by atoms with Gasteiger partial charge in [-0.15, -0.1) is 0 Å². The van der Waals surface area contributed by atoms with E-state index in [-0.39, 0.29) is 39.2 Å². The van der Waals surface area contributed by atoms with E-state index in [1.165, 1.54) is 73.1 Å². The number of pyridine rings is 1. The minimum Gasteiger partial charge on any atom is -0.296 e. The van der Waals surface area contributed by atoms with Gasteiger partial charge in [0, 0.05) is 23.0 Å². The molecule has 3 heteroatoms. The van der Waals surface area contributed by atoms with Crippen molar-refractivity contribution in [2.75, 3.05) is 4.90 Å². The van der Waals surface area contributed by atoms with Crippen molar-refractivity contribution >= 4 is 40.3 Å². The Balaban J connectivity index is 1.59. The Kier molecular flexibility index (Phi) is 6.84. The summed E-state index contributed by atoms with van der Waals surface area (Å²) < 4.78 is 0. The number of nitrogens with zero attached hydrogens (tertiary/aromatic N) is 2. The molecular weight excluding hydrogens is 579 g/mol. The zero-order valence-electron chi connectivity index (χ0n) is 32.5. The standard InChI is InChI=1S/C45H57BN2/c1-40(2,3)27-16-17-35-37(23-27)48(30-21-28(41(4,5)6)20-29(22-30)42(7,8)9)39-38-31(18-19-47-39)45(14,15)34-24-32-33(25-36(34)46(35)38)44(12,13)26-43(32,10)11/h16-25H,26H2,1-15H3. The van der Waals surface area contributed by atoms with Crippen LogP contribution in [0.2, 0.25) is 0 Å². The highest BCUT2D eigenvalue weighted by Gasteiger charge is 2.50. The summed E-state index contributed by atoms with van der Waals surface area (Å²) in [5.41, 5.74) is 16.9. The summed E-state index contributed by atoms with van der Waals surface area (Å²) in [4.78, 5) is 7.85. The molecule has 3 aromatic carbocycles. The van der Waals surface area contributed by atoms with Crippen molar-refractivity contribution in [3.8, 4) is 0 Å². The predicted octanol–water partition coefficient (Wildman–Crippen LogP) is 9.87. The average molecular weight is 637 g/mol. The summed E-state index contributed by atoms with van der Waals surface area (Å²) in [7, 11) is 0. The summed E-state index contributed by atoms with van der Waals surface area (Å²) in [6, 6.07) is 22.2. The Hall–Kier alpha value is -3.33. The molecule has 250 valence electrons. The van der Waals surface area contributed by atoms with E-state index in [1.807, 2.05) is 0 Å². The lowest BCUT2D eigenvalue weighted by molar-refractivity contribution is 0.403. The number of rotatable bonds is 1. The van der Waals surface area contributed by atoms with Gasteiger partial charge in [-0.3, -0.25) is 4.90 Å². The van der Waals surface area contributed by atoms with E-state index in [9.17, 15) is 0 Å². The van der Waals surface area contributed by atoms with E-state index < -0.39 is 0 Å². The van der Waals surface area contributed by atoms with Crippen molar-refractivity contribution < 1.29 is 0 Å². The molecule has 0 fully saturated rings. The maximum atomic E-state index is 5.33. The average Bonchev–Trinajstić information content (AvgIpc) is 3.14. The Morgan fingerprint density at radius 3 is 1.71 bits per heavy atom. The zero-order valence-corrected chi connectivity index (χ0v) is 32.5. The summed E-state index contributed by atoms with van der Waals surface area (Å²) in [6.07, 6.45) is 3.24. The van der Waals surface area contributed by atoms with Gasteiger partial charge in [0.15, 0.2) is 0 Å². The number of anilines is 3. The number of benzene rings is 3. The molecule has 0 unspecified atom stereocenters. The predicted molar refractivity (Wildman–Crippen MR) is 209 cm³/mol. The largest absolute Gasteiger partial charge is 0.296 e. The summed E-state index contributed by atoms with van der Waals surface area (Å²) in [6.45, 7) is 35.8. The van der Waals surface area contributed by atoms with Crippen LogP contribution < -0.4 is 21.3 Å². The van der Waals surface area contributed by atoms with Gasteiger partial charge < -0.3 is 0 Å². The van der Waals surface area contributed by atoms with Crippen LogP contribution in [0.3, 0.4) is 0 Å². The van der Waals surface area contributed by atoms with Crippen LogP contribution in [0.4, 0.5) is 17.2 Å². The van der Waals surface area contributed by atoms with Crippen molar-refractivity contribution in [2.45, 2.75) is 143 Å². The maximum absolute atomic E-state index is 5.33. The van der Waals surface area contributed by atoms with Crippen LogP contribution in [0.25, 0.3) is 0 Å². The molecule has 3 heterocycles. The van der Waals surface area contributed by atoms with Gasteiger partial charge in [0.2, 0.25) is 6.71 Å².